The third kappa shape index (κ3) is 3.68. The van der Waals surface area contributed by atoms with Gasteiger partial charge in [0.15, 0.2) is 5.78 Å². The van der Waals surface area contributed by atoms with E-state index in [2.05, 4.69) is 6.92 Å². The zero-order valence-electron chi connectivity index (χ0n) is 19.5. The van der Waals surface area contributed by atoms with Gasteiger partial charge in [-0.05, 0) is 69.9 Å². The van der Waals surface area contributed by atoms with Gasteiger partial charge in [-0.15, -0.1) is 0 Å². The number of aliphatic hydroxyl groups excluding tert-OH is 1. The van der Waals surface area contributed by atoms with Crippen molar-refractivity contribution in [3.05, 3.63) is 23.8 Å². The molecule has 3 fully saturated rings. The lowest BCUT2D eigenvalue weighted by molar-refractivity contribution is -0.214. The maximum Gasteiger partial charge on any atom is 0.351 e. The number of allylic oxidation sites excluding steroid dienone is 4. The second-order valence-corrected chi connectivity index (χ2v) is 11.8. The lowest BCUT2D eigenvalue weighted by Gasteiger charge is -2.59. The van der Waals surface area contributed by atoms with Gasteiger partial charge in [-0.25, -0.2) is 9.59 Å². The van der Waals surface area contributed by atoms with Crippen LogP contribution in [0.2, 0.25) is 0 Å². The molecule has 0 heterocycles. The number of alkyl halides is 2. The molecule has 6 nitrogen and oxygen atoms in total. The molecule has 7 atom stereocenters. The normalized spacial score (nSPS) is 41.8. The maximum absolute atomic E-state index is 13.5. The van der Waals surface area contributed by atoms with Gasteiger partial charge in [0, 0.05) is 16.7 Å². The van der Waals surface area contributed by atoms with Crippen LogP contribution in [0.4, 0.5) is 0 Å². The highest BCUT2D eigenvalue weighted by Gasteiger charge is 2.71. The summed E-state index contributed by atoms with van der Waals surface area (Å²) in [7, 11) is 0. The number of fused-ring (bicyclic) bond motifs is 5. The third-order valence-corrected chi connectivity index (χ3v) is 9.10. The van der Waals surface area contributed by atoms with Crippen molar-refractivity contribution in [2.75, 3.05) is 0 Å². The number of hydrogen-bond acceptors (Lipinski definition) is 6. The number of carbonyl (C=O) groups is 3. The van der Waals surface area contributed by atoms with Crippen LogP contribution in [-0.4, -0.2) is 45.5 Å². The molecule has 182 valence electrons. The van der Waals surface area contributed by atoms with Crippen molar-refractivity contribution in [2.45, 2.75) is 82.4 Å². The van der Waals surface area contributed by atoms with Crippen LogP contribution in [-0.2, 0) is 23.9 Å². The average molecular weight is 499 g/mol. The van der Waals surface area contributed by atoms with E-state index in [0.717, 1.165) is 18.4 Å². The van der Waals surface area contributed by atoms with Crippen LogP contribution >= 0.6 is 23.2 Å². The molecule has 0 radical (unpaired) electrons. The summed E-state index contributed by atoms with van der Waals surface area (Å²) in [6.45, 7) is 7.49. The van der Waals surface area contributed by atoms with Crippen molar-refractivity contribution in [1.29, 1.82) is 0 Å². The Hall–Kier alpha value is -1.37. The Labute approximate surface area is 204 Å². The van der Waals surface area contributed by atoms with Crippen LogP contribution in [0.1, 0.15) is 59.8 Å². The van der Waals surface area contributed by atoms with E-state index < -0.39 is 45.4 Å². The molecule has 0 spiro atoms. The highest BCUT2D eigenvalue weighted by Crippen LogP contribution is 2.68. The Morgan fingerprint density at radius 2 is 1.91 bits per heavy atom. The summed E-state index contributed by atoms with van der Waals surface area (Å²) in [6, 6.07) is 0. The predicted molar refractivity (Wildman–Crippen MR) is 124 cm³/mol. The molecule has 4 rings (SSSR count). The van der Waals surface area contributed by atoms with Crippen molar-refractivity contribution in [3.63, 3.8) is 0 Å². The first-order valence-electron chi connectivity index (χ1n) is 11.7. The fraction of sp³-hybridized carbons (Fsp3) is 0.720. The standard InChI is InChI=1S/C25H32Cl2O6/c1-13(2)32-22(31)25(33-21(30)20(26)27)10-8-17-16-6-5-14-11-15(28)7-9-23(14,3)19(16)18(29)12-24(17,25)4/h7,9,11,13,16-20,29H,5-6,8,10,12H2,1-4H3/t16-,17-,18-,19+,23-,24-,25-/m0/s1. The van der Waals surface area contributed by atoms with Crippen molar-refractivity contribution >= 4 is 40.9 Å². The SMILES string of the molecule is CC(C)OC(=O)[C@@]1(OC(=O)C(Cl)Cl)CC[C@H]2[C@@H]3CCC4=CC(=O)C=C[C@]4(C)[C@H]3[C@@H](O)C[C@@]21C. The molecule has 0 saturated heterocycles. The van der Waals surface area contributed by atoms with Crippen LogP contribution in [0.5, 0.6) is 0 Å². The number of aliphatic hydroxyl groups is 1. The van der Waals surface area contributed by atoms with E-state index in [1.807, 2.05) is 13.0 Å². The van der Waals surface area contributed by atoms with Gasteiger partial charge in [-0.3, -0.25) is 4.79 Å². The van der Waals surface area contributed by atoms with E-state index >= 15 is 0 Å². The van der Waals surface area contributed by atoms with Crippen LogP contribution in [0.15, 0.2) is 23.8 Å². The van der Waals surface area contributed by atoms with Crippen LogP contribution < -0.4 is 0 Å². The van der Waals surface area contributed by atoms with Crippen molar-refractivity contribution in [2.24, 2.45) is 28.6 Å². The van der Waals surface area contributed by atoms with Gasteiger partial charge in [-0.2, -0.15) is 0 Å². The Balaban J connectivity index is 1.75. The van der Waals surface area contributed by atoms with E-state index in [9.17, 15) is 19.5 Å². The molecule has 0 aliphatic heterocycles. The largest absolute Gasteiger partial charge is 0.460 e. The first-order valence-corrected chi connectivity index (χ1v) is 12.6. The second-order valence-electron chi connectivity index (χ2n) is 10.8. The Morgan fingerprint density at radius 3 is 2.55 bits per heavy atom. The van der Waals surface area contributed by atoms with Crippen LogP contribution in [0.25, 0.3) is 0 Å². The first kappa shape index (κ1) is 24.7. The van der Waals surface area contributed by atoms with Crippen molar-refractivity contribution < 1.29 is 29.0 Å². The minimum atomic E-state index is -1.57. The Kier molecular flexibility index (Phi) is 6.29. The molecule has 0 unspecified atom stereocenters. The fourth-order valence-electron chi connectivity index (χ4n) is 7.38. The first-order chi connectivity index (χ1) is 15.4. The summed E-state index contributed by atoms with van der Waals surface area (Å²) in [5.41, 5.74) is -1.78. The highest BCUT2D eigenvalue weighted by molar-refractivity contribution is 6.53. The van der Waals surface area contributed by atoms with Crippen LogP contribution in [0, 0.1) is 28.6 Å². The number of esters is 2. The molecule has 33 heavy (non-hydrogen) atoms. The number of rotatable bonds is 4. The topological polar surface area (TPSA) is 89.9 Å². The van der Waals surface area contributed by atoms with Gasteiger partial charge >= 0.3 is 11.9 Å². The van der Waals surface area contributed by atoms with Crippen LogP contribution in [0.3, 0.4) is 0 Å². The fourth-order valence-corrected chi connectivity index (χ4v) is 7.47. The van der Waals surface area contributed by atoms with E-state index in [-0.39, 0.29) is 36.4 Å². The molecule has 0 aromatic heterocycles. The minimum absolute atomic E-state index is 0.0176. The number of hydrogen-bond donors (Lipinski definition) is 1. The van der Waals surface area contributed by atoms with E-state index in [4.69, 9.17) is 32.7 Å². The highest BCUT2D eigenvalue weighted by atomic mass is 35.5. The van der Waals surface area contributed by atoms with Gasteiger partial charge in [-0.1, -0.05) is 48.7 Å². The molecule has 0 aromatic carbocycles. The smallest absolute Gasteiger partial charge is 0.351 e. The summed E-state index contributed by atoms with van der Waals surface area (Å²) in [5.74, 6) is -1.49. The molecular formula is C25H32Cl2O6. The van der Waals surface area contributed by atoms with Gasteiger partial charge in [0.25, 0.3) is 0 Å². The number of ether oxygens (including phenoxy) is 2. The summed E-state index contributed by atoms with van der Waals surface area (Å²) >= 11 is 11.6. The Bertz CT molecular complexity index is 926. The minimum Gasteiger partial charge on any atom is -0.460 e. The van der Waals surface area contributed by atoms with Gasteiger partial charge in [0.2, 0.25) is 10.4 Å². The molecule has 4 aliphatic carbocycles. The van der Waals surface area contributed by atoms with Crippen molar-refractivity contribution in [1.82, 2.24) is 0 Å². The molecular weight excluding hydrogens is 467 g/mol. The quantitative estimate of drug-likeness (QED) is 0.458. The number of halogens is 2. The number of carbonyl (C=O) groups excluding carboxylic acids is 3. The molecule has 4 aliphatic rings. The summed E-state index contributed by atoms with van der Waals surface area (Å²) in [4.78, 5) is 36.6. The second kappa shape index (κ2) is 8.39. The monoisotopic (exact) mass is 498 g/mol. The third-order valence-electron chi connectivity index (χ3n) is 8.74. The lowest BCUT2D eigenvalue weighted by atomic mass is 9.46. The Morgan fingerprint density at radius 1 is 1.21 bits per heavy atom. The molecule has 3 saturated carbocycles. The van der Waals surface area contributed by atoms with Gasteiger partial charge < -0.3 is 14.6 Å². The lowest BCUT2D eigenvalue weighted by Crippen LogP contribution is -2.63. The molecule has 1 N–H and O–H groups in total. The molecule has 0 bridgehead atoms. The van der Waals surface area contributed by atoms with E-state index in [0.29, 0.717) is 6.42 Å². The van der Waals surface area contributed by atoms with Gasteiger partial charge in [0.1, 0.15) is 0 Å². The number of ketones is 1. The predicted octanol–water partition coefficient (Wildman–Crippen LogP) is 4.30. The zero-order valence-corrected chi connectivity index (χ0v) is 21.0. The average Bonchev–Trinajstić information content (AvgIpc) is 3.00. The molecule has 0 aromatic rings. The molecule has 8 heteroatoms. The summed E-state index contributed by atoms with van der Waals surface area (Å²) < 4.78 is 11.4. The summed E-state index contributed by atoms with van der Waals surface area (Å²) in [6.07, 6.45) is 6.83. The van der Waals surface area contributed by atoms with Crippen molar-refractivity contribution in [3.8, 4) is 0 Å². The van der Waals surface area contributed by atoms with E-state index in [1.54, 1.807) is 26.0 Å². The zero-order chi connectivity index (χ0) is 24.3. The summed E-state index contributed by atoms with van der Waals surface area (Å²) in [5, 5.41) is 11.5. The maximum atomic E-state index is 13.5. The molecule has 0 amide bonds. The van der Waals surface area contributed by atoms with Gasteiger partial charge in [0.05, 0.1) is 12.2 Å². The van der Waals surface area contributed by atoms with E-state index in [1.165, 1.54) is 0 Å².